The molecule has 0 atom stereocenters. The van der Waals surface area contributed by atoms with Crippen molar-refractivity contribution in [3.8, 4) is 0 Å². The highest BCUT2D eigenvalue weighted by atomic mass is 19.4. The Balaban J connectivity index is 0.000000272. The molecule has 2 aromatic rings. The third kappa shape index (κ3) is 12.5. The van der Waals surface area contributed by atoms with Crippen molar-refractivity contribution < 1.29 is 44.7 Å². The summed E-state index contributed by atoms with van der Waals surface area (Å²) in [5.74, 6) is -3.34. The number of rotatable bonds is 7. The Morgan fingerprint density at radius 3 is 2.18 bits per heavy atom. The lowest BCUT2D eigenvalue weighted by Gasteiger charge is -2.20. The highest BCUT2D eigenvalue weighted by Gasteiger charge is 2.46. The van der Waals surface area contributed by atoms with Gasteiger partial charge in [-0.05, 0) is 43.4 Å². The number of nitrogens with one attached hydrogen (secondary N) is 3. The maximum Gasteiger partial charge on any atom is 0.391 e. The summed E-state index contributed by atoms with van der Waals surface area (Å²) in [6.07, 6.45) is -6.02. The number of nitrogens with zero attached hydrogens (tertiary/aromatic N) is 1. The molecule has 0 radical (unpaired) electrons. The highest BCUT2D eigenvalue weighted by molar-refractivity contribution is 5.77. The van der Waals surface area contributed by atoms with Crippen LogP contribution in [0.1, 0.15) is 69.2 Å². The average Bonchev–Trinajstić information content (AvgIpc) is 3.61. The number of aromatic nitrogens is 2. The lowest BCUT2D eigenvalue weighted by Crippen LogP contribution is -2.24. The van der Waals surface area contributed by atoms with E-state index in [4.69, 9.17) is 0 Å². The molecule has 1 heterocycles. The van der Waals surface area contributed by atoms with Crippen LogP contribution in [0, 0.1) is 5.92 Å². The van der Waals surface area contributed by atoms with E-state index in [9.17, 15) is 44.7 Å². The molecule has 2 fully saturated rings. The Labute approximate surface area is 213 Å². The summed E-state index contributed by atoms with van der Waals surface area (Å²) in [4.78, 5) is 28.9. The van der Waals surface area contributed by atoms with Crippen LogP contribution in [0.25, 0.3) is 11.0 Å². The fourth-order valence-electron chi connectivity index (χ4n) is 3.47. The number of amides is 2. The number of imidazole rings is 1. The third-order valence-corrected chi connectivity index (χ3v) is 5.70. The number of halogens is 8. The molecule has 2 saturated carbocycles. The maximum atomic E-state index is 12.2. The Hall–Kier alpha value is -2.93. The van der Waals surface area contributed by atoms with Gasteiger partial charge in [0.15, 0.2) is 0 Å². The van der Waals surface area contributed by atoms with Gasteiger partial charge in [0.05, 0.1) is 29.9 Å². The second-order valence-electron chi connectivity index (χ2n) is 9.16. The number of carbonyl (C=O) groups excluding carboxylic acids is 2. The van der Waals surface area contributed by atoms with Crippen molar-refractivity contribution in [2.75, 3.05) is 0 Å². The molecule has 214 valence electrons. The van der Waals surface area contributed by atoms with E-state index in [1.807, 2.05) is 0 Å². The minimum Gasteiger partial charge on any atom is -0.352 e. The molecule has 6 nitrogen and oxygen atoms in total. The van der Waals surface area contributed by atoms with Gasteiger partial charge in [0, 0.05) is 25.8 Å². The van der Waals surface area contributed by atoms with E-state index in [-0.39, 0.29) is 25.9 Å². The number of alkyl halides is 8. The predicted octanol–water partition coefficient (Wildman–Crippen LogP) is 6.31. The molecule has 1 aromatic heterocycles. The van der Waals surface area contributed by atoms with Gasteiger partial charge in [-0.2, -0.15) is 26.3 Å². The van der Waals surface area contributed by atoms with Gasteiger partial charge in [0.1, 0.15) is 5.82 Å². The molecule has 0 aliphatic heterocycles. The lowest BCUT2D eigenvalue weighted by molar-refractivity contribution is -0.147. The summed E-state index contributed by atoms with van der Waals surface area (Å²) in [6.45, 7) is 0.398. The molecule has 4 rings (SSSR count). The zero-order valence-electron chi connectivity index (χ0n) is 20.5. The topological polar surface area (TPSA) is 86.9 Å². The Bertz CT molecular complexity index is 1020. The van der Waals surface area contributed by atoms with Crippen LogP contribution in [0.15, 0.2) is 18.2 Å². The van der Waals surface area contributed by atoms with Crippen molar-refractivity contribution >= 4 is 23.4 Å². The van der Waals surface area contributed by atoms with Gasteiger partial charge in [-0.1, -0.05) is 12.5 Å². The molecule has 2 aliphatic rings. The van der Waals surface area contributed by atoms with Crippen molar-refractivity contribution in [2.24, 2.45) is 5.92 Å². The number of aromatic amines is 1. The number of benzene rings is 1. The first kappa shape index (κ1) is 31.3. The van der Waals surface area contributed by atoms with Gasteiger partial charge in [-0.3, -0.25) is 9.59 Å². The predicted molar refractivity (Wildman–Crippen MR) is 123 cm³/mol. The fourth-order valence-corrected chi connectivity index (χ4v) is 3.47. The fraction of sp³-hybridized carbons (Fsp3) is 0.625. The minimum atomic E-state index is -4.34. The molecule has 2 aliphatic carbocycles. The van der Waals surface area contributed by atoms with Crippen LogP contribution in [-0.2, 0) is 22.7 Å². The molecule has 0 spiro atoms. The molecule has 0 unspecified atom stereocenters. The van der Waals surface area contributed by atoms with Crippen molar-refractivity contribution in [3.05, 3.63) is 29.6 Å². The van der Waals surface area contributed by atoms with Crippen molar-refractivity contribution in [1.82, 2.24) is 20.6 Å². The summed E-state index contributed by atoms with van der Waals surface area (Å²) in [7, 11) is 0. The number of carbonyl (C=O) groups is 2. The molecular weight excluding hydrogens is 528 g/mol. The number of fused-ring (bicyclic) bond motifs is 1. The quantitative estimate of drug-likeness (QED) is 0.275. The summed E-state index contributed by atoms with van der Waals surface area (Å²) < 4.78 is 94.2. The number of H-pyrrole nitrogens is 1. The molecule has 0 bridgehead atoms. The first-order valence-corrected chi connectivity index (χ1v) is 12.1. The van der Waals surface area contributed by atoms with Crippen LogP contribution in [0.2, 0.25) is 0 Å². The highest BCUT2D eigenvalue weighted by Crippen LogP contribution is 2.43. The third-order valence-electron chi connectivity index (χ3n) is 5.70. The van der Waals surface area contributed by atoms with Crippen LogP contribution in [0.4, 0.5) is 35.1 Å². The molecule has 0 saturated heterocycles. The average molecular weight is 559 g/mol. The van der Waals surface area contributed by atoms with Crippen LogP contribution in [0.3, 0.4) is 0 Å². The van der Waals surface area contributed by atoms with E-state index in [0.717, 1.165) is 17.5 Å². The van der Waals surface area contributed by atoms with Gasteiger partial charge < -0.3 is 15.6 Å². The normalized spacial score (nSPS) is 16.9. The van der Waals surface area contributed by atoms with Gasteiger partial charge in [0.2, 0.25) is 18.2 Å². The summed E-state index contributed by atoms with van der Waals surface area (Å²) in [5, 5.41) is 4.93. The van der Waals surface area contributed by atoms with Gasteiger partial charge in [-0.15, -0.1) is 0 Å². The molecule has 1 aromatic carbocycles. The van der Waals surface area contributed by atoms with Crippen molar-refractivity contribution in [2.45, 2.75) is 89.2 Å². The molecule has 14 heteroatoms. The number of hydrogen-bond acceptors (Lipinski definition) is 3. The summed E-state index contributed by atoms with van der Waals surface area (Å²) in [6, 6.07) is 5.20. The lowest BCUT2D eigenvalue weighted by atomic mass is 9.97. The van der Waals surface area contributed by atoms with Gasteiger partial charge in [0.25, 0.3) is 0 Å². The number of hydrogen-bond donors (Lipinski definition) is 3. The van der Waals surface area contributed by atoms with E-state index < -0.39 is 42.9 Å². The second-order valence-corrected chi connectivity index (χ2v) is 9.16. The van der Waals surface area contributed by atoms with E-state index in [1.54, 1.807) is 18.2 Å². The van der Waals surface area contributed by atoms with Crippen molar-refractivity contribution in [3.63, 3.8) is 0 Å². The smallest absolute Gasteiger partial charge is 0.352 e. The zero-order valence-corrected chi connectivity index (χ0v) is 20.5. The minimum absolute atomic E-state index is 0.118. The Morgan fingerprint density at radius 2 is 1.71 bits per heavy atom. The van der Waals surface area contributed by atoms with E-state index in [0.29, 0.717) is 43.4 Å². The monoisotopic (exact) mass is 558 g/mol. The first-order valence-electron chi connectivity index (χ1n) is 12.1. The van der Waals surface area contributed by atoms with Crippen LogP contribution in [0.5, 0.6) is 0 Å². The van der Waals surface area contributed by atoms with Crippen LogP contribution < -0.4 is 10.6 Å². The van der Waals surface area contributed by atoms with Gasteiger partial charge >= 0.3 is 12.4 Å². The van der Waals surface area contributed by atoms with E-state index in [1.165, 1.54) is 0 Å². The molecular formula is C24H30F8N4O2. The molecule has 38 heavy (non-hydrogen) atoms. The molecule has 2 amide bonds. The van der Waals surface area contributed by atoms with Gasteiger partial charge in [-0.25, -0.2) is 13.8 Å². The zero-order chi connectivity index (χ0) is 28.4. The Morgan fingerprint density at radius 1 is 1.05 bits per heavy atom. The summed E-state index contributed by atoms with van der Waals surface area (Å²) >= 11 is 0. The van der Waals surface area contributed by atoms with Crippen molar-refractivity contribution in [1.29, 1.82) is 0 Å². The first-order chi connectivity index (χ1) is 17.7. The summed E-state index contributed by atoms with van der Waals surface area (Å²) in [5.41, 5.74) is 2.14. The molecule has 3 N–H and O–H groups in total. The van der Waals surface area contributed by atoms with Crippen LogP contribution >= 0.6 is 0 Å². The Kier molecular flexibility index (Phi) is 11.3. The largest absolute Gasteiger partial charge is 0.391 e. The van der Waals surface area contributed by atoms with E-state index in [2.05, 4.69) is 20.6 Å². The maximum absolute atomic E-state index is 12.2. The van der Waals surface area contributed by atoms with E-state index >= 15 is 0 Å². The second kappa shape index (κ2) is 13.7. The standard InChI is InChI=1S/C14H15F3N4O2.C6H10F2.C4H5F3/c15-14(16,17)4-3-13(23)19-6-9-1-2-10-11(5-9)21-12(20-10)7-18-8-22;7-6(8)4-2-1-3-5-6;5-4(6,7)3-1-2-3/h1-2,5,8H,3-4,6-7H2,(H,18,22)(H,19,23)(H,20,21);1-5H2;3H,1-2H2. The van der Waals surface area contributed by atoms with Crippen LogP contribution in [-0.4, -0.2) is 40.6 Å². The SMILES string of the molecule is FC(F)(F)C1CC1.FC1(F)CCCCC1.O=CNCc1nc2ccc(CNC(=O)CCC(F)(F)F)cc2[nH]1.